The smallest absolute Gasteiger partial charge is 0.0829 e. The lowest BCUT2D eigenvalue weighted by Crippen LogP contribution is -2.24. The van der Waals surface area contributed by atoms with E-state index < -0.39 is 0 Å². The van der Waals surface area contributed by atoms with Crippen LogP contribution in [-0.2, 0) is 6.42 Å². The minimum absolute atomic E-state index is 0.179. The minimum atomic E-state index is -0.272. The molecule has 0 heterocycles. The summed E-state index contributed by atoms with van der Waals surface area (Å²) in [5.41, 5.74) is 2.63. The summed E-state index contributed by atoms with van der Waals surface area (Å²) >= 11 is 0. The quantitative estimate of drug-likeness (QED) is 0.667. The molecule has 0 unspecified atom stereocenters. The summed E-state index contributed by atoms with van der Waals surface area (Å²) in [4.78, 5) is 0. The molecule has 1 aliphatic carbocycles. The maximum absolute atomic E-state index is 10.2. The second-order valence-corrected chi connectivity index (χ2v) is 5.32. The first-order valence-electron chi connectivity index (χ1n) is 5.26. The van der Waals surface area contributed by atoms with Gasteiger partial charge in [0.05, 0.1) is 6.10 Å². The SMILES string of the molecule is CC(C)(C)[C@H]1Cc2ccccc2[C@H]1O. The number of aliphatic hydroxyl groups excluding tert-OH is 1. The molecular weight excluding hydrogens is 172 g/mol. The molecule has 1 aliphatic rings. The number of aliphatic hydroxyl groups is 1. The fourth-order valence-corrected chi connectivity index (χ4v) is 2.35. The second-order valence-electron chi connectivity index (χ2n) is 5.32. The Bertz CT molecular complexity index is 335. The van der Waals surface area contributed by atoms with Crippen LogP contribution >= 0.6 is 0 Å². The van der Waals surface area contributed by atoms with Gasteiger partial charge in [-0.25, -0.2) is 0 Å². The van der Waals surface area contributed by atoms with Crippen LogP contribution in [0, 0.1) is 11.3 Å². The molecule has 0 spiro atoms. The summed E-state index contributed by atoms with van der Waals surface area (Å²) < 4.78 is 0. The Kier molecular flexibility index (Phi) is 2.15. The van der Waals surface area contributed by atoms with E-state index in [1.54, 1.807) is 0 Å². The van der Waals surface area contributed by atoms with E-state index in [0.717, 1.165) is 12.0 Å². The van der Waals surface area contributed by atoms with Crippen molar-refractivity contribution < 1.29 is 5.11 Å². The van der Waals surface area contributed by atoms with Crippen LogP contribution in [0.25, 0.3) is 0 Å². The van der Waals surface area contributed by atoms with Gasteiger partial charge in [-0.3, -0.25) is 0 Å². The van der Waals surface area contributed by atoms with Crippen molar-refractivity contribution in [2.45, 2.75) is 33.3 Å². The van der Waals surface area contributed by atoms with Crippen LogP contribution in [0.5, 0.6) is 0 Å². The van der Waals surface area contributed by atoms with Gasteiger partial charge in [0.15, 0.2) is 0 Å². The molecule has 0 fully saturated rings. The molecule has 2 atom stereocenters. The molecule has 14 heavy (non-hydrogen) atoms. The highest BCUT2D eigenvalue weighted by molar-refractivity contribution is 5.35. The maximum atomic E-state index is 10.2. The zero-order valence-corrected chi connectivity index (χ0v) is 9.12. The lowest BCUT2D eigenvalue weighted by atomic mass is 9.78. The van der Waals surface area contributed by atoms with E-state index in [1.165, 1.54) is 5.56 Å². The normalized spacial score (nSPS) is 26.3. The molecule has 2 rings (SSSR count). The van der Waals surface area contributed by atoms with Gasteiger partial charge in [-0.05, 0) is 28.9 Å². The summed E-state index contributed by atoms with van der Waals surface area (Å²) in [5.74, 6) is 0.361. The zero-order valence-electron chi connectivity index (χ0n) is 9.12. The first-order valence-corrected chi connectivity index (χ1v) is 5.26. The van der Waals surface area contributed by atoms with Crippen molar-refractivity contribution in [3.63, 3.8) is 0 Å². The summed E-state index contributed by atoms with van der Waals surface area (Å²) in [6.07, 6.45) is 0.743. The molecule has 0 bridgehead atoms. The molecule has 0 aliphatic heterocycles. The first kappa shape index (κ1) is 9.72. The summed E-state index contributed by atoms with van der Waals surface area (Å²) in [6.45, 7) is 6.60. The van der Waals surface area contributed by atoms with Crippen LogP contribution in [-0.4, -0.2) is 5.11 Å². The van der Waals surface area contributed by atoms with E-state index >= 15 is 0 Å². The fraction of sp³-hybridized carbons (Fsp3) is 0.538. The van der Waals surface area contributed by atoms with Gasteiger partial charge in [0.2, 0.25) is 0 Å². The molecule has 0 aromatic heterocycles. The molecule has 1 aromatic carbocycles. The van der Waals surface area contributed by atoms with Crippen LogP contribution in [0.4, 0.5) is 0 Å². The van der Waals surface area contributed by atoms with Gasteiger partial charge in [-0.1, -0.05) is 45.0 Å². The van der Waals surface area contributed by atoms with E-state index in [1.807, 2.05) is 12.1 Å². The number of benzene rings is 1. The van der Waals surface area contributed by atoms with Crippen LogP contribution in [0.15, 0.2) is 24.3 Å². The number of hydrogen-bond acceptors (Lipinski definition) is 1. The lowest BCUT2D eigenvalue weighted by molar-refractivity contribution is 0.0566. The maximum Gasteiger partial charge on any atom is 0.0829 e. The Morgan fingerprint density at radius 3 is 2.43 bits per heavy atom. The molecule has 1 heteroatoms. The van der Waals surface area contributed by atoms with Gasteiger partial charge in [-0.15, -0.1) is 0 Å². The van der Waals surface area contributed by atoms with Gasteiger partial charge < -0.3 is 5.11 Å². The van der Waals surface area contributed by atoms with E-state index in [2.05, 4.69) is 32.9 Å². The van der Waals surface area contributed by atoms with Crippen molar-refractivity contribution in [1.29, 1.82) is 0 Å². The zero-order chi connectivity index (χ0) is 10.3. The third kappa shape index (κ3) is 1.46. The van der Waals surface area contributed by atoms with Crippen LogP contribution in [0.1, 0.15) is 38.0 Å². The van der Waals surface area contributed by atoms with Crippen LogP contribution in [0.3, 0.4) is 0 Å². The largest absolute Gasteiger partial charge is 0.388 e. The monoisotopic (exact) mass is 190 g/mol. The van der Waals surface area contributed by atoms with Crippen molar-refractivity contribution in [2.24, 2.45) is 11.3 Å². The van der Waals surface area contributed by atoms with Gasteiger partial charge in [0.25, 0.3) is 0 Å². The van der Waals surface area contributed by atoms with Crippen molar-refractivity contribution >= 4 is 0 Å². The molecule has 0 radical (unpaired) electrons. The third-order valence-electron chi connectivity index (χ3n) is 3.31. The van der Waals surface area contributed by atoms with Crippen LogP contribution in [0.2, 0.25) is 0 Å². The second kappa shape index (κ2) is 3.09. The molecule has 1 aromatic rings. The van der Waals surface area contributed by atoms with Crippen LogP contribution < -0.4 is 0 Å². The predicted octanol–water partition coefficient (Wildman–Crippen LogP) is 2.94. The minimum Gasteiger partial charge on any atom is -0.388 e. The van der Waals surface area contributed by atoms with E-state index in [0.29, 0.717) is 5.92 Å². The van der Waals surface area contributed by atoms with Crippen molar-refractivity contribution in [3.8, 4) is 0 Å². The molecular formula is C13H18O. The Hall–Kier alpha value is -0.820. The van der Waals surface area contributed by atoms with Gasteiger partial charge >= 0.3 is 0 Å². The van der Waals surface area contributed by atoms with E-state index in [4.69, 9.17) is 0 Å². The summed E-state index contributed by atoms with van der Waals surface area (Å²) in [5, 5.41) is 10.2. The number of hydrogen-bond donors (Lipinski definition) is 1. The fourth-order valence-electron chi connectivity index (χ4n) is 2.35. The number of fused-ring (bicyclic) bond motifs is 1. The van der Waals surface area contributed by atoms with E-state index in [-0.39, 0.29) is 11.5 Å². The van der Waals surface area contributed by atoms with Gasteiger partial charge in [-0.2, -0.15) is 0 Å². The average Bonchev–Trinajstić information content (AvgIpc) is 2.44. The van der Waals surface area contributed by atoms with Gasteiger partial charge in [0, 0.05) is 0 Å². The summed E-state index contributed by atoms with van der Waals surface area (Å²) in [6, 6.07) is 8.24. The highest BCUT2D eigenvalue weighted by atomic mass is 16.3. The highest BCUT2D eigenvalue weighted by Gasteiger charge is 2.37. The molecule has 0 saturated carbocycles. The Labute approximate surface area is 85.8 Å². The number of rotatable bonds is 0. The molecule has 1 N–H and O–H groups in total. The van der Waals surface area contributed by atoms with Gasteiger partial charge in [0.1, 0.15) is 0 Å². The third-order valence-corrected chi connectivity index (χ3v) is 3.31. The lowest BCUT2D eigenvalue weighted by Gasteiger charge is -2.29. The molecule has 0 saturated heterocycles. The first-order chi connectivity index (χ1) is 6.50. The summed E-state index contributed by atoms with van der Waals surface area (Å²) in [7, 11) is 0. The highest BCUT2D eigenvalue weighted by Crippen LogP contribution is 2.45. The van der Waals surface area contributed by atoms with Crippen molar-refractivity contribution in [2.75, 3.05) is 0 Å². The molecule has 0 amide bonds. The van der Waals surface area contributed by atoms with E-state index in [9.17, 15) is 5.11 Å². The topological polar surface area (TPSA) is 20.2 Å². The molecule has 76 valence electrons. The standard InChI is InChI=1S/C13H18O/c1-13(2,3)11-8-9-6-4-5-7-10(9)12(11)14/h4-7,11-12,14H,8H2,1-3H3/t11-,12+/m0/s1. The van der Waals surface area contributed by atoms with Crippen molar-refractivity contribution in [1.82, 2.24) is 0 Å². The Balaban J connectivity index is 2.35. The average molecular weight is 190 g/mol. The Morgan fingerprint density at radius 2 is 1.86 bits per heavy atom. The predicted molar refractivity (Wildman–Crippen MR) is 58.1 cm³/mol. The Morgan fingerprint density at radius 1 is 1.21 bits per heavy atom. The van der Waals surface area contributed by atoms with Crippen molar-refractivity contribution in [3.05, 3.63) is 35.4 Å². The molecule has 1 nitrogen and oxygen atoms in total.